The molecule has 0 atom stereocenters. The molecule has 6 nitrogen and oxygen atoms in total. The SMILES string of the molecule is Cc1cc(C(F)(F)F)c2c(N)nn(C(=O)Cc3c[nH]c4ccccc34)c2n1. The summed E-state index contributed by atoms with van der Waals surface area (Å²) < 4.78 is 40.9. The molecule has 0 amide bonds. The maximum absolute atomic E-state index is 13.4. The highest BCUT2D eigenvalue weighted by Crippen LogP contribution is 2.37. The number of hydrogen-bond donors (Lipinski definition) is 2. The number of nitrogen functional groups attached to an aromatic ring is 1. The van der Waals surface area contributed by atoms with Crippen LogP contribution in [-0.2, 0) is 12.6 Å². The van der Waals surface area contributed by atoms with Crippen LogP contribution in [0.15, 0.2) is 36.5 Å². The summed E-state index contributed by atoms with van der Waals surface area (Å²) in [6.45, 7) is 1.42. The number of alkyl halides is 3. The van der Waals surface area contributed by atoms with Crippen LogP contribution in [0.5, 0.6) is 0 Å². The third-order valence-electron chi connectivity index (χ3n) is 4.35. The number of hydrogen-bond acceptors (Lipinski definition) is 4. The summed E-state index contributed by atoms with van der Waals surface area (Å²) in [7, 11) is 0. The van der Waals surface area contributed by atoms with Crippen molar-refractivity contribution in [3.63, 3.8) is 0 Å². The minimum atomic E-state index is -4.63. The number of nitrogens with two attached hydrogens (primary N) is 1. The molecule has 0 aliphatic rings. The Morgan fingerprint density at radius 1 is 1.30 bits per heavy atom. The van der Waals surface area contributed by atoms with E-state index in [0.29, 0.717) is 5.56 Å². The van der Waals surface area contributed by atoms with Gasteiger partial charge in [-0.3, -0.25) is 4.79 Å². The fourth-order valence-electron chi connectivity index (χ4n) is 3.18. The second-order valence-corrected chi connectivity index (χ2v) is 6.23. The summed E-state index contributed by atoms with van der Waals surface area (Å²) in [6.07, 6.45) is -3.00. The number of halogens is 3. The van der Waals surface area contributed by atoms with Gasteiger partial charge in [-0.1, -0.05) is 18.2 Å². The van der Waals surface area contributed by atoms with Gasteiger partial charge >= 0.3 is 6.18 Å². The Morgan fingerprint density at radius 3 is 2.78 bits per heavy atom. The molecule has 9 heteroatoms. The second kappa shape index (κ2) is 5.83. The van der Waals surface area contributed by atoms with E-state index in [1.54, 1.807) is 6.20 Å². The van der Waals surface area contributed by atoms with E-state index in [1.165, 1.54) is 6.92 Å². The molecular weight excluding hydrogens is 359 g/mol. The molecular formula is C18H14F3N5O. The Bertz CT molecular complexity index is 1190. The van der Waals surface area contributed by atoms with Crippen LogP contribution in [0, 0.1) is 6.92 Å². The summed E-state index contributed by atoms with van der Waals surface area (Å²) in [5, 5.41) is 4.33. The highest BCUT2D eigenvalue weighted by atomic mass is 19.4. The Balaban J connectivity index is 1.82. The lowest BCUT2D eigenvalue weighted by molar-refractivity contribution is -0.136. The van der Waals surface area contributed by atoms with E-state index in [0.717, 1.165) is 21.7 Å². The summed E-state index contributed by atoms with van der Waals surface area (Å²) in [5.41, 5.74) is 6.25. The van der Waals surface area contributed by atoms with Gasteiger partial charge in [0.2, 0.25) is 0 Å². The predicted molar refractivity (Wildman–Crippen MR) is 94.3 cm³/mol. The van der Waals surface area contributed by atoms with Crippen LogP contribution >= 0.6 is 0 Å². The second-order valence-electron chi connectivity index (χ2n) is 6.23. The number of nitrogens with one attached hydrogen (secondary N) is 1. The Morgan fingerprint density at radius 2 is 2.04 bits per heavy atom. The van der Waals surface area contributed by atoms with Gasteiger partial charge < -0.3 is 10.7 Å². The molecule has 1 aromatic carbocycles. The number of aromatic amines is 1. The number of nitrogens with zero attached hydrogens (tertiary/aromatic N) is 3. The van der Waals surface area contributed by atoms with Gasteiger partial charge in [-0.2, -0.15) is 17.9 Å². The zero-order valence-electron chi connectivity index (χ0n) is 14.1. The van der Waals surface area contributed by atoms with Crippen molar-refractivity contribution in [2.24, 2.45) is 0 Å². The van der Waals surface area contributed by atoms with Gasteiger partial charge in [0.05, 0.1) is 17.4 Å². The molecule has 3 heterocycles. The van der Waals surface area contributed by atoms with Gasteiger partial charge in [0.1, 0.15) is 0 Å². The lowest BCUT2D eigenvalue weighted by Crippen LogP contribution is -2.16. The Labute approximate surface area is 150 Å². The third-order valence-corrected chi connectivity index (χ3v) is 4.35. The van der Waals surface area contributed by atoms with Crippen LogP contribution in [0.1, 0.15) is 21.6 Å². The molecule has 4 rings (SSSR count). The van der Waals surface area contributed by atoms with E-state index in [-0.39, 0.29) is 29.0 Å². The number of rotatable bonds is 2. The predicted octanol–water partition coefficient (Wildman–Crippen LogP) is 3.70. The minimum absolute atomic E-state index is 0.0583. The summed E-state index contributed by atoms with van der Waals surface area (Å²) in [6, 6.07) is 8.32. The number of aromatic nitrogens is 4. The third kappa shape index (κ3) is 2.80. The van der Waals surface area contributed by atoms with E-state index in [4.69, 9.17) is 5.73 Å². The van der Waals surface area contributed by atoms with E-state index in [2.05, 4.69) is 15.1 Å². The zero-order chi connectivity index (χ0) is 19.3. The van der Waals surface area contributed by atoms with Crippen molar-refractivity contribution in [1.29, 1.82) is 0 Å². The van der Waals surface area contributed by atoms with Crippen LogP contribution < -0.4 is 5.73 Å². The molecule has 138 valence electrons. The molecule has 0 saturated carbocycles. The van der Waals surface area contributed by atoms with Gasteiger partial charge in [-0.15, -0.1) is 5.10 Å². The number of carbonyl (C=O) groups excluding carboxylic acids is 1. The molecule has 0 unspecified atom stereocenters. The van der Waals surface area contributed by atoms with Crippen molar-refractivity contribution in [1.82, 2.24) is 19.7 Å². The van der Waals surface area contributed by atoms with Gasteiger partial charge in [-0.05, 0) is 24.6 Å². The quantitative estimate of drug-likeness (QED) is 0.561. The maximum atomic E-state index is 13.4. The number of H-pyrrole nitrogens is 1. The largest absolute Gasteiger partial charge is 0.417 e. The number of carbonyl (C=O) groups is 1. The number of aryl methyl sites for hydroxylation is 1. The molecule has 0 aliphatic heterocycles. The first-order chi connectivity index (χ1) is 12.8. The monoisotopic (exact) mass is 373 g/mol. The Hall–Kier alpha value is -3.36. The van der Waals surface area contributed by atoms with Crippen LogP contribution in [0.4, 0.5) is 19.0 Å². The van der Waals surface area contributed by atoms with Gasteiger partial charge in [-0.25, -0.2) is 4.98 Å². The molecule has 0 bridgehead atoms. The average molecular weight is 373 g/mol. The van der Waals surface area contributed by atoms with Gasteiger partial charge in [0, 0.05) is 22.8 Å². The van der Waals surface area contributed by atoms with E-state index in [9.17, 15) is 18.0 Å². The summed E-state index contributed by atoms with van der Waals surface area (Å²) in [4.78, 5) is 19.9. The molecule has 0 saturated heterocycles. The number of para-hydroxylation sites is 1. The van der Waals surface area contributed by atoms with Crippen molar-refractivity contribution < 1.29 is 18.0 Å². The fraction of sp³-hybridized carbons (Fsp3) is 0.167. The molecule has 0 radical (unpaired) electrons. The number of benzene rings is 1. The van der Waals surface area contributed by atoms with Crippen LogP contribution in [0.3, 0.4) is 0 Å². The molecule has 0 fully saturated rings. The van der Waals surface area contributed by atoms with Crippen LogP contribution in [0.2, 0.25) is 0 Å². The maximum Gasteiger partial charge on any atom is 0.417 e. The normalized spacial score (nSPS) is 12.1. The lowest BCUT2D eigenvalue weighted by Gasteiger charge is -2.09. The van der Waals surface area contributed by atoms with Gasteiger partial charge in [0.25, 0.3) is 5.91 Å². The van der Waals surface area contributed by atoms with E-state index in [1.807, 2.05) is 24.3 Å². The highest BCUT2D eigenvalue weighted by molar-refractivity contribution is 5.98. The number of pyridine rings is 1. The van der Waals surface area contributed by atoms with Crippen molar-refractivity contribution in [3.8, 4) is 0 Å². The molecule has 27 heavy (non-hydrogen) atoms. The fourth-order valence-corrected chi connectivity index (χ4v) is 3.18. The van der Waals surface area contributed by atoms with Crippen molar-refractivity contribution in [2.45, 2.75) is 19.5 Å². The summed E-state index contributed by atoms with van der Waals surface area (Å²) >= 11 is 0. The first-order valence-corrected chi connectivity index (χ1v) is 8.07. The zero-order valence-corrected chi connectivity index (χ0v) is 14.1. The molecule has 4 aromatic rings. The smallest absolute Gasteiger partial charge is 0.382 e. The molecule has 3 N–H and O–H groups in total. The van der Waals surface area contributed by atoms with Crippen LogP contribution in [-0.4, -0.2) is 25.7 Å². The highest BCUT2D eigenvalue weighted by Gasteiger charge is 2.36. The first-order valence-electron chi connectivity index (χ1n) is 8.07. The average Bonchev–Trinajstić information content (AvgIpc) is 3.15. The molecule has 0 spiro atoms. The van der Waals surface area contributed by atoms with E-state index < -0.39 is 17.6 Å². The lowest BCUT2D eigenvalue weighted by atomic mass is 10.1. The first kappa shape index (κ1) is 17.1. The van der Waals surface area contributed by atoms with Crippen molar-refractivity contribution >= 4 is 33.7 Å². The van der Waals surface area contributed by atoms with E-state index >= 15 is 0 Å². The van der Waals surface area contributed by atoms with Crippen molar-refractivity contribution in [2.75, 3.05) is 5.73 Å². The molecule has 0 aliphatic carbocycles. The minimum Gasteiger partial charge on any atom is -0.382 e. The van der Waals surface area contributed by atoms with Crippen molar-refractivity contribution in [3.05, 3.63) is 53.3 Å². The standard InChI is InChI=1S/C18H14F3N5O/c1-9-6-12(18(19,20)21)15-16(22)25-26(17(15)24-9)14(27)7-10-8-23-13-5-3-2-4-11(10)13/h2-6,8,23H,7H2,1H3,(H2,22,25). The Kier molecular flexibility index (Phi) is 3.69. The van der Waals surface area contributed by atoms with Crippen LogP contribution in [0.25, 0.3) is 21.9 Å². The molecule has 3 aromatic heterocycles. The number of fused-ring (bicyclic) bond motifs is 2. The summed E-state index contributed by atoms with van der Waals surface area (Å²) in [5.74, 6) is -0.898. The topological polar surface area (TPSA) is 89.6 Å². The van der Waals surface area contributed by atoms with Gasteiger partial charge in [0.15, 0.2) is 11.5 Å². The number of anilines is 1.